The minimum atomic E-state index is -1.17. The van der Waals surface area contributed by atoms with E-state index < -0.39 is 59.9 Å². The van der Waals surface area contributed by atoms with Gasteiger partial charge in [0.25, 0.3) is 11.8 Å². The number of ketones is 1. The molecule has 1 saturated heterocycles. The Morgan fingerprint density at radius 1 is 1.07 bits per heavy atom. The Bertz CT molecular complexity index is 1320. The van der Waals surface area contributed by atoms with Crippen molar-refractivity contribution in [1.29, 1.82) is 0 Å². The fourth-order valence-electron chi connectivity index (χ4n) is 4.31. The average Bonchev–Trinajstić information content (AvgIpc) is 3.45. The molecule has 14 heteroatoms. The molecule has 2 heterocycles. The van der Waals surface area contributed by atoms with E-state index in [1.54, 1.807) is 24.3 Å². The summed E-state index contributed by atoms with van der Waals surface area (Å²) in [6, 6.07) is 6.38. The van der Waals surface area contributed by atoms with Gasteiger partial charge in [-0.2, -0.15) is 0 Å². The third kappa shape index (κ3) is 7.58. The van der Waals surface area contributed by atoms with Crippen molar-refractivity contribution >= 4 is 52.2 Å². The number of aromatic nitrogens is 1. The van der Waals surface area contributed by atoms with Crippen molar-refractivity contribution in [3.63, 3.8) is 0 Å². The Labute approximate surface area is 229 Å². The topological polar surface area (TPSA) is 207 Å². The highest BCUT2D eigenvalue weighted by Crippen LogP contribution is 2.19. The lowest BCUT2D eigenvalue weighted by Crippen LogP contribution is -2.51. The number of para-hydroxylation sites is 1. The summed E-state index contributed by atoms with van der Waals surface area (Å²) in [5.41, 5.74) is 6.03. The Kier molecular flexibility index (Phi) is 10.2. The Morgan fingerprint density at radius 3 is 2.55 bits per heavy atom. The van der Waals surface area contributed by atoms with E-state index in [1.165, 1.54) is 17.2 Å². The van der Waals surface area contributed by atoms with Crippen molar-refractivity contribution in [1.82, 2.24) is 25.8 Å². The molecule has 14 nitrogen and oxygen atoms in total. The number of ether oxygens (including phenoxy) is 1. The highest BCUT2D eigenvalue weighted by Gasteiger charge is 2.37. The number of pyridine rings is 1. The Morgan fingerprint density at radius 2 is 1.82 bits per heavy atom. The number of nitrogens with two attached hydrogens (primary N) is 1. The van der Waals surface area contributed by atoms with Gasteiger partial charge in [-0.25, -0.2) is 4.79 Å². The minimum Gasteiger partial charge on any atom is -0.467 e. The molecule has 0 unspecified atom stereocenters. The van der Waals surface area contributed by atoms with Crippen molar-refractivity contribution < 1.29 is 38.3 Å². The van der Waals surface area contributed by atoms with Crippen molar-refractivity contribution in [2.24, 2.45) is 5.73 Å². The molecule has 212 valence electrons. The van der Waals surface area contributed by atoms with E-state index in [4.69, 9.17) is 5.73 Å². The van der Waals surface area contributed by atoms with Crippen LogP contribution in [-0.2, 0) is 33.5 Å². The number of amides is 5. The fourth-order valence-corrected chi connectivity index (χ4v) is 4.31. The molecule has 0 spiro atoms. The van der Waals surface area contributed by atoms with E-state index in [0.717, 1.165) is 7.11 Å². The number of carbonyl (C=O) groups is 7. The van der Waals surface area contributed by atoms with Gasteiger partial charge in [-0.1, -0.05) is 18.2 Å². The van der Waals surface area contributed by atoms with E-state index in [1.807, 2.05) is 0 Å². The average molecular weight is 555 g/mol. The van der Waals surface area contributed by atoms with Gasteiger partial charge < -0.3 is 31.3 Å². The molecule has 40 heavy (non-hydrogen) atoms. The van der Waals surface area contributed by atoms with Crippen LogP contribution in [0.5, 0.6) is 0 Å². The van der Waals surface area contributed by atoms with Gasteiger partial charge in [0.1, 0.15) is 12.1 Å². The lowest BCUT2D eigenvalue weighted by molar-refractivity contribution is -0.145. The normalized spacial score (nSPS) is 15.1. The molecule has 1 aliphatic rings. The number of Topliss-reactive ketones (excluding diaryl/α,β-unsaturated/α-hetero) is 1. The number of hydrogen-bond donors (Lipinski definition) is 4. The number of rotatable bonds is 12. The molecule has 1 fully saturated rings. The second-order valence-electron chi connectivity index (χ2n) is 9.00. The molecule has 2 atom stereocenters. The molecule has 1 aliphatic heterocycles. The number of nitrogens with one attached hydrogen (secondary N) is 3. The van der Waals surface area contributed by atoms with Gasteiger partial charge in [-0.3, -0.25) is 33.8 Å². The van der Waals surface area contributed by atoms with Crippen LogP contribution >= 0.6 is 0 Å². The van der Waals surface area contributed by atoms with E-state index in [2.05, 4.69) is 25.7 Å². The highest BCUT2D eigenvalue weighted by molar-refractivity contribution is 6.38. The van der Waals surface area contributed by atoms with E-state index in [-0.39, 0.29) is 32.4 Å². The van der Waals surface area contributed by atoms with Crippen molar-refractivity contribution in [3.8, 4) is 0 Å². The lowest BCUT2D eigenvalue weighted by atomic mass is 10.1. The highest BCUT2D eigenvalue weighted by atomic mass is 16.5. The molecule has 0 aliphatic carbocycles. The molecule has 2 aromatic rings. The summed E-state index contributed by atoms with van der Waals surface area (Å²) >= 11 is 0. The second-order valence-corrected chi connectivity index (χ2v) is 9.00. The van der Waals surface area contributed by atoms with E-state index >= 15 is 0 Å². The number of nitrogens with zero attached hydrogens (tertiary/aromatic N) is 2. The van der Waals surface area contributed by atoms with Crippen molar-refractivity contribution in [2.75, 3.05) is 26.7 Å². The summed E-state index contributed by atoms with van der Waals surface area (Å²) in [7, 11) is 1.10. The molecule has 3 rings (SSSR count). The third-order valence-corrected chi connectivity index (χ3v) is 6.30. The summed E-state index contributed by atoms with van der Waals surface area (Å²) < 4.78 is 4.58. The molecule has 0 saturated carbocycles. The van der Waals surface area contributed by atoms with Crippen LogP contribution in [0.15, 0.2) is 36.5 Å². The third-order valence-electron chi connectivity index (χ3n) is 6.30. The predicted molar refractivity (Wildman–Crippen MR) is 139 cm³/mol. The first-order valence-corrected chi connectivity index (χ1v) is 12.5. The number of hydrogen-bond acceptors (Lipinski definition) is 9. The first kappa shape index (κ1) is 29.7. The maximum Gasteiger partial charge on any atom is 0.328 e. The lowest BCUT2D eigenvalue weighted by Gasteiger charge is -2.23. The van der Waals surface area contributed by atoms with Crippen LogP contribution in [0.1, 0.15) is 36.0 Å². The van der Waals surface area contributed by atoms with Gasteiger partial charge in [0.15, 0.2) is 0 Å². The number of benzene rings is 1. The fraction of sp³-hybridized carbons (Fsp3) is 0.385. The maximum atomic E-state index is 12.8. The summed E-state index contributed by atoms with van der Waals surface area (Å²) in [5.74, 6) is -5.30. The summed E-state index contributed by atoms with van der Waals surface area (Å²) in [5, 5.41) is 7.66. The second kappa shape index (κ2) is 13.8. The maximum absolute atomic E-state index is 12.8. The molecule has 5 N–H and O–H groups in total. The number of likely N-dealkylation sites (tertiary alicyclic amines) is 1. The van der Waals surface area contributed by atoms with Crippen LogP contribution in [-0.4, -0.2) is 90.0 Å². The monoisotopic (exact) mass is 554 g/mol. The minimum absolute atomic E-state index is 0.103. The summed E-state index contributed by atoms with van der Waals surface area (Å²) in [4.78, 5) is 91.3. The van der Waals surface area contributed by atoms with Gasteiger partial charge >= 0.3 is 5.97 Å². The zero-order valence-corrected chi connectivity index (χ0v) is 21.8. The first-order chi connectivity index (χ1) is 19.1. The van der Waals surface area contributed by atoms with E-state index in [9.17, 15) is 33.6 Å². The van der Waals surface area contributed by atoms with Gasteiger partial charge in [0.2, 0.25) is 23.5 Å². The molecular formula is C26H30N6O8. The molecule has 1 aromatic heterocycles. The Hall–Kier alpha value is -4.88. The number of esters is 1. The number of methoxy groups -OCH3 is 1. The van der Waals surface area contributed by atoms with Crippen LogP contribution in [0.2, 0.25) is 0 Å². The van der Waals surface area contributed by atoms with Crippen LogP contribution < -0.4 is 21.7 Å². The number of fused-ring (bicyclic) bond motifs is 1. The van der Waals surface area contributed by atoms with Gasteiger partial charge in [-0.05, 0) is 31.4 Å². The Balaban J connectivity index is 1.52. The van der Waals surface area contributed by atoms with E-state index in [0.29, 0.717) is 22.9 Å². The molecule has 5 amide bonds. The van der Waals surface area contributed by atoms with Crippen molar-refractivity contribution in [2.45, 2.75) is 37.8 Å². The molecule has 0 bridgehead atoms. The van der Waals surface area contributed by atoms with Crippen LogP contribution in [0.3, 0.4) is 0 Å². The van der Waals surface area contributed by atoms with Crippen LogP contribution in [0, 0.1) is 0 Å². The largest absolute Gasteiger partial charge is 0.467 e. The predicted octanol–water partition coefficient (Wildman–Crippen LogP) is -1.44. The number of primary amides is 1. The van der Waals surface area contributed by atoms with Gasteiger partial charge in [0.05, 0.1) is 31.3 Å². The number of carbonyl (C=O) groups excluding carboxylic acids is 7. The summed E-state index contributed by atoms with van der Waals surface area (Å²) in [6.07, 6.45) is 1.91. The van der Waals surface area contributed by atoms with Crippen LogP contribution in [0.4, 0.5) is 0 Å². The van der Waals surface area contributed by atoms with Gasteiger partial charge in [-0.15, -0.1) is 0 Å². The zero-order valence-electron chi connectivity index (χ0n) is 21.8. The molecule has 0 radical (unpaired) electrons. The SMILES string of the molecule is COC(=O)[C@H](CCC(N)=O)NC(=O)CNC(=O)C(=O)[C@@H]1CCCN1C(=O)CNC(=O)c1ccnc2ccccc12. The van der Waals surface area contributed by atoms with Crippen LogP contribution in [0.25, 0.3) is 10.9 Å². The quantitative estimate of drug-likeness (QED) is 0.179. The zero-order chi connectivity index (χ0) is 29.2. The standard InChI is InChI=1S/C26H30N6O8/c1-40-26(39)18(8-9-20(27)33)31-21(34)13-29-25(38)23(36)19-7-4-12-32(19)22(35)14-30-24(37)16-10-11-28-17-6-3-2-5-15(16)17/h2-3,5-6,10-11,18-19H,4,7-9,12-14H2,1H3,(H2,27,33)(H,29,38)(H,30,37)(H,31,34)/t18-,19-/m0/s1. The van der Waals surface area contributed by atoms with Crippen molar-refractivity contribution in [3.05, 3.63) is 42.1 Å². The molecular weight excluding hydrogens is 524 g/mol. The van der Waals surface area contributed by atoms with Gasteiger partial charge in [0, 0.05) is 24.5 Å². The first-order valence-electron chi connectivity index (χ1n) is 12.5. The summed E-state index contributed by atoms with van der Waals surface area (Å²) in [6.45, 7) is -0.799. The molecule has 1 aromatic carbocycles. The smallest absolute Gasteiger partial charge is 0.328 e.